The molecule has 0 atom stereocenters. The minimum absolute atomic E-state index is 0.325. The van der Waals surface area contributed by atoms with Crippen LogP contribution in [0.5, 0.6) is 5.75 Å². The molecule has 6 heteroatoms. The third-order valence-electron chi connectivity index (χ3n) is 2.79. The van der Waals surface area contributed by atoms with Crippen molar-refractivity contribution in [3.05, 3.63) is 45.9 Å². The van der Waals surface area contributed by atoms with Crippen LogP contribution in [0.15, 0.2) is 35.3 Å². The van der Waals surface area contributed by atoms with Crippen LogP contribution >= 0.6 is 27.3 Å². The zero-order valence-electron chi connectivity index (χ0n) is 12.4. The molecule has 0 aliphatic heterocycles. The van der Waals surface area contributed by atoms with Gasteiger partial charge in [-0.15, -0.1) is 11.3 Å². The number of benzene rings is 1. The number of halogens is 1. The topological polar surface area (TPSA) is 48.4 Å². The second kappa shape index (κ2) is 7.56. The maximum absolute atomic E-state index is 11.9. The number of aryl methyl sites for hydroxylation is 1. The van der Waals surface area contributed by atoms with Gasteiger partial charge in [-0.3, -0.25) is 0 Å². The number of nitrogens with zero attached hydrogens (tertiary/aromatic N) is 1. The molecule has 1 heterocycles. The number of hydrogen-bond donors (Lipinski definition) is 0. The van der Waals surface area contributed by atoms with Crippen LogP contribution in [0, 0.1) is 6.92 Å². The molecule has 116 valence electrons. The number of rotatable bonds is 6. The van der Waals surface area contributed by atoms with Crippen molar-refractivity contribution in [1.82, 2.24) is 4.98 Å². The monoisotopic (exact) mass is 381 g/mol. The van der Waals surface area contributed by atoms with Gasteiger partial charge in [-0.25, -0.2) is 9.78 Å². The summed E-state index contributed by atoms with van der Waals surface area (Å²) in [7, 11) is 0. The molecule has 0 radical (unpaired) electrons. The Labute approximate surface area is 141 Å². The Morgan fingerprint density at radius 2 is 2.27 bits per heavy atom. The van der Waals surface area contributed by atoms with Crippen molar-refractivity contribution in [2.75, 3.05) is 13.2 Å². The number of thiazole rings is 1. The van der Waals surface area contributed by atoms with E-state index in [9.17, 15) is 4.79 Å². The molecule has 0 spiro atoms. The number of aromatic nitrogens is 1. The van der Waals surface area contributed by atoms with Gasteiger partial charge >= 0.3 is 5.97 Å². The third-order valence-corrected chi connectivity index (χ3v) is 4.60. The van der Waals surface area contributed by atoms with Crippen LogP contribution in [0.3, 0.4) is 0 Å². The molecule has 2 aromatic rings. The summed E-state index contributed by atoms with van der Waals surface area (Å²) in [5.41, 5.74) is 1.60. The molecule has 0 N–H and O–H groups in total. The Morgan fingerprint density at radius 1 is 1.50 bits per heavy atom. The molecule has 1 aromatic carbocycles. The fourth-order valence-electron chi connectivity index (χ4n) is 1.81. The third kappa shape index (κ3) is 3.75. The maximum atomic E-state index is 11.9. The van der Waals surface area contributed by atoms with Gasteiger partial charge in [0, 0.05) is 5.56 Å². The average Bonchev–Trinajstić information content (AvgIpc) is 2.88. The fraction of sp³-hybridized carbons (Fsp3) is 0.250. The van der Waals surface area contributed by atoms with Gasteiger partial charge in [-0.2, -0.15) is 0 Å². The van der Waals surface area contributed by atoms with E-state index in [1.54, 1.807) is 13.0 Å². The lowest BCUT2D eigenvalue weighted by Gasteiger charge is -2.06. The van der Waals surface area contributed by atoms with Gasteiger partial charge in [0.25, 0.3) is 0 Å². The fourth-order valence-corrected chi connectivity index (χ4v) is 3.26. The standard InChI is InChI=1S/C16H16BrNO3S/c1-4-8-21-13-7-6-11(9-12(13)17)15-18-10(3)14(22-15)16(19)20-5-2/h4,6-7,9H,1,5,8H2,2-3H3. The summed E-state index contributed by atoms with van der Waals surface area (Å²) in [4.78, 5) is 16.9. The first-order chi connectivity index (χ1) is 10.6. The van der Waals surface area contributed by atoms with E-state index >= 15 is 0 Å². The van der Waals surface area contributed by atoms with Gasteiger partial charge in [-0.05, 0) is 48.0 Å². The van der Waals surface area contributed by atoms with Gasteiger partial charge in [0.1, 0.15) is 22.2 Å². The lowest BCUT2D eigenvalue weighted by molar-refractivity contribution is 0.0531. The lowest BCUT2D eigenvalue weighted by atomic mass is 10.2. The highest BCUT2D eigenvalue weighted by atomic mass is 79.9. The van der Waals surface area contributed by atoms with E-state index in [1.165, 1.54) is 11.3 Å². The van der Waals surface area contributed by atoms with Crippen LogP contribution in [0.4, 0.5) is 0 Å². The Hall–Kier alpha value is -1.66. The highest BCUT2D eigenvalue weighted by molar-refractivity contribution is 9.10. The van der Waals surface area contributed by atoms with Crippen molar-refractivity contribution in [3.63, 3.8) is 0 Å². The molecule has 4 nitrogen and oxygen atoms in total. The van der Waals surface area contributed by atoms with Gasteiger partial charge in [-0.1, -0.05) is 12.7 Å². The summed E-state index contributed by atoms with van der Waals surface area (Å²) in [6, 6.07) is 5.70. The van der Waals surface area contributed by atoms with Crippen molar-refractivity contribution in [3.8, 4) is 16.3 Å². The predicted molar refractivity (Wildman–Crippen MR) is 91.6 cm³/mol. The summed E-state index contributed by atoms with van der Waals surface area (Å²) in [5, 5.41) is 0.775. The van der Waals surface area contributed by atoms with Crippen molar-refractivity contribution in [1.29, 1.82) is 0 Å². The largest absolute Gasteiger partial charge is 0.488 e. The number of ether oxygens (including phenoxy) is 2. The van der Waals surface area contributed by atoms with Crippen LogP contribution in [-0.2, 0) is 4.74 Å². The quantitative estimate of drug-likeness (QED) is 0.540. The predicted octanol–water partition coefficient (Wildman–Crippen LogP) is 4.62. The average molecular weight is 382 g/mol. The van der Waals surface area contributed by atoms with E-state index in [-0.39, 0.29) is 5.97 Å². The van der Waals surface area contributed by atoms with Gasteiger partial charge in [0.2, 0.25) is 0 Å². The number of carbonyl (C=O) groups is 1. The van der Waals surface area contributed by atoms with Crippen LogP contribution in [0.1, 0.15) is 22.3 Å². The molecule has 2 rings (SSSR count). The van der Waals surface area contributed by atoms with E-state index in [4.69, 9.17) is 9.47 Å². The molecule has 0 saturated heterocycles. The Morgan fingerprint density at radius 3 is 2.91 bits per heavy atom. The first kappa shape index (κ1) is 16.7. The zero-order valence-corrected chi connectivity index (χ0v) is 14.8. The molecule has 0 bridgehead atoms. The Kier molecular flexibility index (Phi) is 5.74. The summed E-state index contributed by atoms with van der Waals surface area (Å²) < 4.78 is 11.4. The minimum Gasteiger partial charge on any atom is -0.488 e. The summed E-state index contributed by atoms with van der Waals surface area (Å²) in [5.74, 6) is 0.413. The lowest BCUT2D eigenvalue weighted by Crippen LogP contribution is -2.03. The van der Waals surface area contributed by atoms with Gasteiger partial charge in [0.05, 0.1) is 16.8 Å². The molecule has 1 aromatic heterocycles. The Bertz CT molecular complexity index is 697. The molecule has 0 fully saturated rings. The van der Waals surface area contributed by atoms with Crippen LogP contribution < -0.4 is 4.74 Å². The number of carbonyl (C=O) groups excluding carboxylic acids is 1. The first-order valence-corrected chi connectivity index (χ1v) is 8.36. The number of esters is 1. The van der Waals surface area contributed by atoms with Crippen molar-refractivity contribution >= 4 is 33.2 Å². The maximum Gasteiger partial charge on any atom is 0.350 e. The van der Waals surface area contributed by atoms with Crippen molar-refractivity contribution < 1.29 is 14.3 Å². The van der Waals surface area contributed by atoms with Gasteiger partial charge in [0.15, 0.2) is 0 Å². The zero-order chi connectivity index (χ0) is 16.1. The summed E-state index contributed by atoms with van der Waals surface area (Å²) in [6.45, 7) is 8.02. The second-order valence-electron chi connectivity index (χ2n) is 4.40. The van der Waals surface area contributed by atoms with Crippen LogP contribution in [0.2, 0.25) is 0 Å². The van der Waals surface area contributed by atoms with E-state index in [2.05, 4.69) is 27.5 Å². The van der Waals surface area contributed by atoms with E-state index in [0.29, 0.717) is 23.8 Å². The van der Waals surface area contributed by atoms with Crippen LogP contribution in [0.25, 0.3) is 10.6 Å². The molecule has 22 heavy (non-hydrogen) atoms. The molecule has 0 aliphatic carbocycles. The summed E-state index contributed by atoms with van der Waals surface area (Å²) in [6.07, 6.45) is 1.69. The molecule has 0 amide bonds. The van der Waals surface area contributed by atoms with Gasteiger partial charge < -0.3 is 9.47 Å². The molecule has 0 saturated carbocycles. The number of hydrogen-bond acceptors (Lipinski definition) is 5. The normalized spacial score (nSPS) is 10.3. The van der Waals surface area contributed by atoms with Crippen molar-refractivity contribution in [2.24, 2.45) is 0 Å². The van der Waals surface area contributed by atoms with E-state index < -0.39 is 0 Å². The first-order valence-electron chi connectivity index (χ1n) is 6.75. The molecule has 0 unspecified atom stereocenters. The highest BCUT2D eigenvalue weighted by Gasteiger charge is 2.17. The van der Waals surface area contributed by atoms with E-state index in [0.717, 1.165) is 20.8 Å². The van der Waals surface area contributed by atoms with Crippen molar-refractivity contribution in [2.45, 2.75) is 13.8 Å². The minimum atomic E-state index is -0.325. The molecule has 0 aliphatic rings. The molecular formula is C16H16BrNO3S. The highest BCUT2D eigenvalue weighted by Crippen LogP contribution is 2.34. The smallest absolute Gasteiger partial charge is 0.350 e. The second-order valence-corrected chi connectivity index (χ2v) is 6.25. The SMILES string of the molecule is C=CCOc1ccc(-c2nc(C)c(C(=O)OCC)s2)cc1Br. The summed E-state index contributed by atoms with van der Waals surface area (Å²) >= 11 is 4.81. The van der Waals surface area contributed by atoms with E-state index in [1.807, 2.05) is 25.1 Å². The molecular weight excluding hydrogens is 366 g/mol. The Balaban J connectivity index is 2.29. The van der Waals surface area contributed by atoms with Crippen LogP contribution in [-0.4, -0.2) is 24.2 Å².